The SMILES string of the molecule is Cc1nc(NN=C2CCCCC2)sc1N=Nc1c(C)n(C)n(-c2ccccc2)c1=O. The van der Waals surface area contributed by atoms with Gasteiger partial charge in [0.25, 0.3) is 5.56 Å². The number of para-hydroxylation sites is 1. The molecule has 1 aliphatic carbocycles. The number of aryl methyl sites for hydroxylation is 1. The van der Waals surface area contributed by atoms with Gasteiger partial charge in [0.2, 0.25) is 5.13 Å². The van der Waals surface area contributed by atoms with Crippen molar-refractivity contribution < 1.29 is 0 Å². The predicted molar refractivity (Wildman–Crippen MR) is 121 cm³/mol. The Morgan fingerprint density at radius 3 is 2.53 bits per heavy atom. The maximum Gasteiger partial charge on any atom is 0.299 e. The van der Waals surface area contributed by atoms with Crippen LogP contribution in [0.4, 0.5) is 15.8 Å². The summed E-state index contributed by atoms with van der Waals surface area (Å²) in [6.07, 6.45) is 5.78. The molecule has 0 unspecified atom stereocenters. The van der Waals surface area contributed by atoms with Crippen molar-refractivity contribution in [3.05, 3.63) is 52.1 Å². The van der Waals surface area contributed by atoms with Crippen LogP contribution in [0, 0.1) is 13.8 Å². The van der Waals surface area contributed by atoms with Crippen LogP contribution in [0.5, 0.6) is 0 Å². The third-order valence-corrected chi connectivity index (χ3v) is 6.22. The number of aromatic nitrogens is 3. The van der Waals surface area contributed by atoms with E-state index in [4.69, 9.17) is 0 Å². The number of anilines is 1. The number of azo groups is 1. The van der Waals surface area contributed by atoms with Gasteiger partial charge >= 0.3 is 0 Å². The molecule has 1 N–H and O–H groups in total. The minimum absolute atomic E-state index is 0.200. The van der Waals surface area contributed by atoms with Gasteiger partial charge in [-0.05, 0) is 51.7 Å². The summed E-state index contributed by atoms with van der Waals surface area (Å²) in [4.78, 5) is 17.4. The van der Waals surface area contributed by atoms with Crippen molar-refractivity contribution in [1.82, 2.24) is 14.3 Å². The van der Waals surface area contributed by atoms with Crippen LogP contribution in [-0.4, -0.2) is 20.1 Å². The van der Waals surface area contributed by atoms with Gasteiger partial charge in [-0.2, -0.15) is 5.10 Å². The molecule has 0 bridgehead atoms. The van der Waals surface area contributed by atoms with Crippen molar-refractivity contribution in [3.63, 3.8) is 0 Å². The molecule has 8 nitrogen and oxygen atoms in total. The molecule has 2 heterocycles. The smallest absolute Gasteiger partial charge is 0.283 e. The van der Waals surface area contributed by atoms with Crippen molar-refractivity contribution in [3.8, 4) is 5.69 Å². The zero-order valence-electron chi connectivity index (χ0n) is 17.4. The Kier molecular flexibility index (Phi) is 5.89. The molecule has 4 rings (SSSR count). The average Bonchev–Trinajstić information content (AvgIpc) is 3.22. The van der Waals surface area contributed by atoms with Crippen LogP contribution in [0.3, 0.4) is 0 Å². The Hall–Kier alpha value is -3.07. The molecule has 0 spiro atoms. The second kappa shape index (κ2) is 8.74. The van der Waals surface area contributed by atoms with Crippen LogP contribution >= 0.6 is 11.3 Å². The van der Waals surface area contributed by atoms with Gasteiger partial charge in [0.05, 0.1) is 17.1 Å². The molecule has 30 heavy (non-hydrogen) atoms. The van der Waals surface area contributed by atoms with E-state index in [1.807, 2.05) is 51.2 Å². The van der Waals surface area contributed by atoms with E-state index in [9.17, 15) is 4.79 Å². The van der Waals surface area contributed by atoms with Crippen molar-refractivity contribution in [2.24, 2.45) is 22.4 Å². The summed E-state index contributed by atoms with van der Waals surface area (Å²) in [5.74, 6) is 0. The summed E-state index contributed by atoms with van der Waals surface area (Å²) < 4.78 is 3.38. The van der Waals surface area contributed by atoms with Gasteiger partial charge in [0.1, 0.15) is 0 Å². The van der Waals surface area contributed by atoms with E-state index in [0.29, 0.717) is 15.8 Å². The number of benzene rings is 1. The highest BCUT2D eigenvalue weighted by molar-refractivity contribution is 7.19. The average molecular weight is 424 g/mol. The lowest BCUT2D eigenvalue weighted by molar-refractivity contribution is 0.630. The first-order valence-corrected chi connectivity index (χ1v) is 10.9. The molecule has 1 aromatic carbocycles. The van der Waals surface area contributed by atoms with E-state index in [1.165, 1.54) is 36.3 Å². The minimum Gasteiger partial charge on any atom is -0.283 e. The van der Waals surface area contributed by atoms with E-state index in [1.54, 1.807) is 9.36 Å². The van der Waals surface area contributed by atoms with Crippen molar-refractivity contribution >= 4 is 32.9 Å². The van der Waals surface area contributed by atoms with Crippen LogP contribution in [0.15, 0.2) is 50.5 Å². The second-order valence-corrected chi connectivity index (χ2v) is 8.35. The molecule has 0 aliphatic heterocycles. The Morgan fingerprint density at radius 1 is 1.07 bits per heavy atom. The number of hydrogen-bond donors (Lipinski definition) is 1. The van der Waals surface area contributed by atoms with E-state index in [0.717, 1.165) is 29.9 Å². The van der Waals surface area contributed by atoms with Crippen molar-refractivity contribution in [1.29, 1.82) is 0 Å². The number of hydrazone groups is 1. The van der Waals surface area contributed by atoms with E-state index in [2.05, 4.69) is 25.7 Å². The largest absolute Gasteiger partial charge is 0.299 e. The van der Waals surface area contributed by atoms with Gasteiger partial charge in [-0.3, -0.25) is 14.9 Å². The molecule has 0 amide bonds. The molecular weight excluding hydrogens is 398 g/mol. The Labute approximate surface area is 179 Å². The molecule has 9 heteroatoms. The normalized spacial score (nSPS) is 14.4. The highest BCUT2D eigenvalue weighted by Gasteiger charge is 2.16. The molecule has 3 aromatic rings. The fraction of sp³-hybridized carbons (Fsp3) is 0.381. The summed E-state index contributed by atoms with van der Waals surface area (Å²) in [6.45, 7) is 3.74. The predicted octanol–water partition coefficient (Wildman–Crippen LogP) is 5.40. The fourth-order valence-corrected chi connectivity index (χ4v) is 4.22. The molecule has 2 aromatic heterocycles. The maximum absolute atomic E-state index is 12.9. The third kappa shape index (κ3) is 4.11. The first-order chi connectivity index (χ1) is 14.5. The minimum atomic E-state index is -0.200. The first kappa shape index (κ1) is 20.2. The van der Waals surface area contributed by atoms with Gasteiger partial charge < -0.3 is 0 Å². The lowest BCUT2D eigenvalue weighted by Gasteiger charge is -2.11. The Morgan fingerprint density at radius 2 is 1.80 bits per heavy atom. The zero-order valence-corrected chi connectivity index (χ0v) is 18.2. The maximum atomic E-state index is 12.9. The summed E-state index contributed by atoms with van der Waals surface area (Å²) in [5.41, 5.74) is 6.67. The Bertz CT molecular complexity index is 1150. The van der Waals surface area contributed by atoms with E-state index in [-0.39, 0.29) is 5.56 Å². The standard InChI is InChI=1S/C21H25N7OS/c1-14-19(30-21(22-14)26-23-16-10-6-4-7-11-16)25-24-18-15(2)27(3)28(20(18)29)17-12-8-5-9-13-17/h5,8-9,12-13H,4,6-7,10-11H2,1-3H3,(H,22,26). The van der Waals surface area contributed by atoms with E-state index >= 15 is 0 Å². The quantitative estimate of drug-likeness (QED) is 0.440. The number of nitrogens with zero attached hydrogens (tertiary/aromatic N) is 6. The van der Waals surface area contributed by atoms with Crippen LogP contribution in [0.2, 0.25) is 0 Å². The molecule has 1 fully saturated rings. The molecule has 0 atom stereocenters. The fourth-order valence-electron chi connectivity index (χ4n) is 3.49. The van der Waals surface area contributed by atoms with Crippen LogP contribution in [0.1, 0.15) is 43.5 Å². The topological polar surface area (TPSA) is 88.9 Å². The number of rotatable bonds is 5. The number of thiazole rings is 1. The second-order valence-electron chi connectivity index (χ2n) is 7.37. The molecule has 1 saturated carbocycles. The van der Waals surface area contributed by atoms with Crippen LogP contribution in [0.25, 0.3) is 5.69 Å². The monoisotopic (exact) mass is 423 g/mol. The van der Waals surface area contributed by atoms with Crippen LogP contribution < -0.4 is 11.0 Å². The molecule has 156 valence electrons. The summed E-state index contributed by atoms with van der Waals surface area (Å²) in [5, 5.41) is 14.4. The van der Waals surface area contributed by atoms with Crippen LogP contribution in [-0.2, 0) is 7.05 Å². The molecule has 0 radical (unpaired) electrons. The molecule has 0 saturated heterocycles. The summed E-state index contributed by atoms with van der Waals surface area (Å²) in [7, 11) is 1.84. The van der Waals surface area contributed by atoms with Crippen molar-refractivity contribution in [2.75, 3.05) is 5.43 Å². The van der Waals surface area contributed by atoms with Crippen molar-refractivity contribution in [2.45, 2.75) is 46.0 Å². The number of nitrogens with one attached hydrogen (secondary N) is 1. The summed E-state index contributed by atoms with van der Waals surface area (Å²) >= 11 is 1.38. The highest BCUT2D eigenvalue weighted by Crippen LogP contribution is 2.32. The van der Waals surface area contributed by atoms with Gasteiger partial charge in [0, 0.05) is 12.8 Å². The van der Waals surface area contributed by atoms with E-state index < -0.39 is 0 Å². The van der Waals surface area contributed by atoms with Gasteiger partial charge in [-0.1, -0.05) is 36.0 Å². The first-order valence-electron chi connectivity index (χ1n) is 10.1. The lowest BCUT2D eigenvalue weighted by atomic mass is 9.99. The lowest BCUT2D eigenvalue weighted by Crippen LogP contribution is -2.19. The Balaban J connectivity index is 1.57. The zero-order chi connectivity index (χ0) is 21.1. The number of hydrogen-bond acceptors (Lipinski definition) is 7. The third-order valence-electron chi connectivity index (χ3n) is 5.28. The molecular formula is C21H25N7OS. The van der Waals surface area contributed by atoms with Gasteiger partial charge in [0.15, 0.2) is 10.7 Å². The highest BCUT2D eigenvalue weighted by atomic mass is 32.1. The van der Waals surface area contributed by atoms with Gasteiger partial charge in [-0.15, -0.1) is 10.2 Å². The van der Waals surface area contributed by atoms with Gasteiger partial charge in [-0.25, -0.2) is 9.67 Å². The molecule has 1 aliphatic rings. The summed E-state index contributed by atoms with van der Waals surface area (Å²) in [6, 6.07) is 9.50.